The van der Waals surface area contributed by atoms with Crippen molar-refractivity contribution >= 4 is 11.0 Å². The lowest BCUT2D eigenvalue weighted by Gasteiger charge is -2.28. The fraction of sp³-hybridized carbons (Fsp3) is 0.288. The molecule has 8 aromatic rings. The molecular weight excluding hydrogens is 767 g/mol. The molecule has 0 fully saturated rings. The van der Waals surface area contributed by atoms with E-state index in [1.165, 1.54) is 27.8 Å². The van der Waals surface area contributed by atoms with E-state index in [0.717, 1.165) is 72.7 Å². The number of hydrogen-bond donors (Lipinski definition) is 1. The number of benzene rings is 6. The molecule has 2 aromatic heterocycles. The Kier molecular flexibility index (Phi) is 11.6. The molecule has 1 N–H and O–H groups in total. The Morgan fingerprint density at radius 2 is 1.11 bits per heavy atom. The molecule has 2 heterocycles. The quantitative estimate of drug-likeness (QED) is 0.158. The second-order valence-electron chi connectivity index (χ2n) is 20.3. The van der Waals surface area contributed by atoms with Crippen LogP contribution in [-0.4, -0.2) is 19.6 Å². The van der Waals surface area contributed by atoms with Crippen LogP contribution in [0.1, 0.15) is 129 Å². The van der Waals surface area contributed by atoms with Gasteiger partial charge in [0.25, 0.3) is 0 Å². The van der Waals surface area contributed by atoms with Crippen LogP contribution in [0.15, 0.2) is 140 Å². The van der Waals surface area contributed by atoms with Gasteiger partial charge in [0.05, 0.1) is 28.0 Å². The first-order valence-corrected chi connectivity index (χ1v) is 22.7. The van der Waals surface area contributed by atoms with E-state index in [4.69, 9.17) is 9.97 Å². The van der Waals surface area contributed by atoms with Gasteiger partial charge in [0, 0.05) is 28.5 Å². The number of hydrogen-bond acceptors (Lipinski definition) is 3. The van der Waals surface area contributed by atoms with Gasteiger partial charge in [-0.25, -0.2) is 4.98 Å². The molecule has 0 aliphatic heterocycles. The van der Waals surface area contributed by atoms with Gasteiger partial charge in [0.2, 0.25) is 0 Å². The number of phenolic OH excluding ortho intramolecular Hbond substituents is 1. The van der Waals surface area contributed by atoms with Crippen LogP contribution >= 0.6 is 0 Å². The number of nitrogens with zero attached hydrogens (tertiary/aromatic N) is 3. The summed E-state index contributed by atoms with van der Waals surface area (Å²) in [4.78, 5) is 10.8. The second-order valence-corrected chi connectivity index (χ2v) is 20.3. The Bertz CT molecular complexity index is 2890. The fourth-order valence-corrected chi connectivity index (χ4v) is 8.82. The van der Waals surface area contributed by atoms with Gasteiger partial charge in [-0.05, 0) is 116 Å². The van der Waals surface area contributed by atoms with Gasteiger partial charge < -0.3 is 5.11 Å². The van der Waals surface area contributed by atoms with Crippen molar-refractivity contribution in [3.8, 4) is 67.5 Å². The zero-order chi connectivity index (χ0) is 45.0. The van der Waals surface area contributed by atoms with E-state index in [1.807, 2.05) is 12.3 Å². The fourth-order valence-electron chi connectivity index (χ4n) is 8.82. The molecular formula is C59H63N3O. The minimum atomic E-state index is -0.313. The predicted molar refractivity (Wildman–Crippen MR) is 267 cm³/mol. The second kappa shape index (κ2) is 16.8. The first kappa shape index (κ1) is 43.4. The van der Waals surface area contributed by atoms with Crippen LogP contribution in [0, 0.1) is 0 Å². The molecule has 0 bridgehead atoms. The lowest BCUT2D eigenvalue weighted by Crippen LogP contribution is -2.17. The van der Waals surface area contributed by atoms with Crippen molar-refractivity contribution in [2.24, 2.45) is 0 Å². The molecule has 0 unspecified atom stereocenters. The smallest absolute Gasteiger partial charge is 0.149 e. The molecule has 63 heavy (non-hydrogen) atoms. The highest BCUT2D eigenvalue weighted by molar-refractivity contribution is 5.97. The van der Waals surface area contributed by atoms with Crippen molar-refractivity contribution in [1.82, 2.24) is 14.5 Å². The standard InChI is InChI=1S/C59H63N3O/c1-36(2)42-28-44(30-45(29-42)52-27-26-41(35-60-52)39-20-15-13-16-21-39)47-24-19-25-53-54(47)61-57(50-33-46(58(7,8)9)34-51(56(50)63)59(10,11)12)62(53)55-48(37(3)4)31-43(32-49(55)38(5)6)40-22-17-14-18-23-40/h13-38,63H,1-12H3. The van der Waals surface area contributed by atoms with Gasteiger partial charge in [-0.15, -0.1) is 0 Å². The van der Waals surface area contributed by atoms with Gasteiger partial charge in [0.15, 0.2) is 0 Å². The number of para-hydroxylation sites is 1. The first-order valence-electron chi connectivity index (χ1n) is 22.7. The van der Waals surface area contributed by atoms with Crippen molar-refractivity contribution < 1.29 is 5.11 Å². The summed E-state index contributed by atoms with van der Waals surface area (Å²) in [5, 5.41) is 12.6. The zero-order valence-corrected chi connectivity index (χ0v) is 39.3. The summed E-state index contributed by atoms with van der Waals surface area (Å²) in [7, 11) is 0. The normalized spacial score (nSPS) is 12.3. The average Bonchev–Trinajstić information content (AvgIpc) is 3.64. The Balaban J connectivity index is 1.45. The molecule has 0 aliphatic rings. The van der Waals surface area contributed by atoms with E-state index >= 15 is 0 Å². The van der Waals surface area contributed by atoms with E-state index in [1.54, 1.807) is 0 Å². The lowest BCUT2D eigenvalue weighted by molar-refractivity contribution is 0.446. The topological polar surface area (TPSA) is 50.9 Å². The van der Waals surface area contributed by atoms with Gasteiger partial charge in [-0.2, -0.15) is 0 Å². The molecule has 8 rings (SSSR count). The van der Waals surface area contributed by atoms with Crippen LogP contribution < -0.4 is 0 Å². The third kappa shape index (κ3) is 8.48. The van der Waals surface area contributed by atoms with Gasteiger partial charge in [0.1, 0.15) is 11.6 Å². The maximum atomic E-state index is 12.6. The van der Waals surface area contributed by atoms with Crippen LogP contribution in [-0.2, 0) is 10.8 Å². The van der Waals surface area contributed by atoms with Crippen molar-refractivity contribution in [3.05, 3.63) is 167 Å². The number of rotatable bonds is 9. The Morgan fingerprint density at radius 3 is 1.65 bits per heavy atom. The summed E-state index contributed by atoms with van der Waals surface area (Å²) in [6.07, 6.45) is 1.98. The van der Waals surface area contributed by atoms with Crippen LogP contribution in [0.5, 0.6) is 5.75 Å². The number of fused-ring (bicyclic) bond motifs is 1. The lowest BCUT2D eigenvalue weighted by atomic mass is 9.78. The maximum Gasteiger partial charge on any atom is 0.149 e. The molecule has 4 nitrogen and oxygen atoms in total. The molecule has 6 aromatic carbocycles. The monoisotopic (exact) mass is 829 g/mol. The van der Waals surface area contributed by atoms with Crippen molar-refractivity contribution in [3.63, 3.8) is 0 Å². The molecule has 0 atom stereocenters. The summed E-state index contributed by atoms with van der Waals surface area (Å²) in [5.41, 5.74) is 17.8. The number of phenols is 1. The SMILES string of the molecule is CC(C)c1cc(-c2ccc(-c3ccccc3)cn2)cc(-c2cccc3c2nc(-c2cc(C(C)(C)C)cc(C(C)(C)C)c2O)n3-c2c(C(C)C)cc(-c3ccccc3)cc2C(C)C)c1. The van der Waals surface area contributed by atoms with E-state index in [2.05, 4.69) is 215 Å². The Morgan fingerprint density at radius 1 is 0.508 bits per heavy atom. The number of pyridine rings is 1. The molecule has 0 radical (unpaired) electrons. The summed E-state index contributed by atoms with van der Waals surface area (Å²) >= 11 is 0. The Hall–Kier alpha value is -6.26. The largest absolute Gasteiger partial charge is 0.507 e. The third-order valence-corrected chi connectivity index (χ3v) is 12.6. The first-order chi connectivity index (χ1) is 29.9. The van der Waals surface area contributed by atoms with E-state index in [9.17, 15) is 5.11 Å². The third-order valence-electron chi connectivity index (χ3n) is 12.6. The highest BCUT2D eigenvalue weighted by Gasteiger charge is 2.30. The van der Waals surface area contributed by atoms with E-state index < -0.39 is 0 Å². The summed E-state index contributed by atoms with van der Waals surface area (Å²) in [6, 6.07) is 48.0. The van der Waals surface area contributed by atoms with Gasteiger partial charge >= 0.3 is 0 Å². The molecule has 0 spiro atoms. The number of imidazole rings is 1. The molecule has 320 valence electrons. The summed E-state index contributed by atoms with van der Waals surface area (Å²) in [6.45, 7) is 26.9. The average molecular weight is 830 g/mol. The van der Waals surface area contributed by atoms with Crippen LogP contribution in [0.3, 0.4) is 0 Å². The zero-order valence-electron chi connectivity index (χ0n) is 39.3. The van der Waals surface area contributed by atoms with E-state index in [0.29, 0.717) is 0 Å². The summed E-state index contributed by atoms with van der Waals surface area (Å²) < 4.78 is 2.38. The highest BCUT2D eigenvalue weighted by atomic mass is 16.3. The number of aromatic hydroxyl groups is 1. The van der Waals surface area contributed by atoms with Crippen LogP contribution in [0.4, 0.5) is 0 Å². The highest BCUT2D eigenvalue weighted by Crippen LogP contribution is 2.47. The molecule has 0 saturated heterocycles. The molecule has 0 amide bonds. The van der Waals surface area contributed by atoms with Crippen molar-refractivity contribution in [1.29, 1.82) is 0 Å². The molecule has 4 heteroatoms. The Labute approximate surface area is 375 Å². The van der Waals surface area contributed by atoms with Crippen LogP contribution in [0.25, 0.3) is 72.7 Å². The molecule has 0 aliphatic carbocycles. The van der Waals surface area contributed by atoms with Crippen molar-refractivity contribution in [2.75, 3.05) is 0 Å². The predicted octanol–water partition coefficient (Wildman–Crippen LogP) is 16.4. The minimum Gasteiger partial charge on any atom is -0.507 e. The summed E-state index contributed by atoms with van der Waals surface area (Å²) in [5.74, 6) is 1.69. The van der Waals surface area contributed by atoms with Gasteiger partial charge in [-0.1, -0.05) is 174 Å². The maximum absolute atomic E-state index is 12.6. The van der Waals surface area contributed by atoms with E-state index in [-0.39, 0.29) is 34.3 Å². The van der Waals surface area contributed by atoms with Gasteiger partial charge in [-0.3, -0.25) is 9.55 Å². The minimum absolute atomic E-state index is 0.172. The van der Waals surface area contributed by atoms with Crippen LogP contribution in [0.2, 0.25) is 0 Å². The molecule has 0 saturated carbocycles. The van der Waals surface area contributed by atoms with Crippen molar-refractivity contribution in [2.45, 2.75) is 112 Å². The number of aromatic nitrogens is 3.